The van der Waals surface area contributed by atoms with Crippen LogP contribution in [-0.2, 0) is 0 Å². The second-order valence-corrected chi connectivity index (χ2v) is 5.81. The normalized spacial score (nSPS) is 20.0. The monoisotopic (exact) mass is 366 g/mol. The Bertz CT molecular complexity index is 825. The molecular weight excluding hydrogens is 352 g/mol. The van der Waals surface area contributed by atoms with Crippen LogP contribution in [-0.4, -0.2) is 40.3 Å². The number of halogens is 4. The Labute approximate surface area is 146 Å². The maximum Gasteiger partial charge on any atom is 0.287 e. The summed E-state index contributed by atoms with van der Waals surface area (Å²) >= 11 is 0. The van der Waals surface area contributed by atoms with Gasteiger partial charge in [-0.25, -0.2) is 17.6 Å². The highest BCUT2D eigenvalue weighted by atomic mass is 19.3. The second kappa shape index (κ2) is 6.87. The van der Waals surface area contributed by atoms with Crippen LogP contribution in [0, 0.1) is 0 Å². The molecule has 1 aliphatic heterocycles. The first-order valence-electron chi connectivity index (χ1n) is 7.69. The van der Waals surface area contributed by atoms with E-state index in [4.69, 9.17) is 0 Å². The van der Waals surface area contributed by atoms with Crippen molar-refractivity contribution in [3.8, 4) is 11.1 Å². The number of carbonyl (C=O) groups excluding carboxylic acids is 1. The van der Waals surface area contributed by atoms with Gasteiger partial charge in [-0.2, -0.15) is 10.1 Å². The minimum absolute atomic E-state index is 0.0523. The molecule has 0 radical (unpaired) electrons. The highest BCUT2D eigenvalue weighted by Crippen LogP contribution is 2.34. The Morgan fingerprint density at radius 2 is 1.58 bits per heavy atom. The third-order valence-corrected chi connectivity index (χ3v) is 4.07. The number of hydrogen-bond donors (Lipinski definition) is 1. The van der Waals surface area contributed by atoms with Gasteiger partial charge in [0.25, 0.3) is 18.8 Å². The summed E-state index contributed by atoms with van der Waals surface area (Å²) in [6.45, 7) is 0. The van der Waals surface area contributed by atoms with Crippen LogP contribution in [0.2, 0.25) is 0 Å². The summed E-state index contributed by atoms with van der Waals surface area (Å²) in [5.41, 5.74) is -2.43. The van der Waals surface area contributed by atoms with Gasteiger partial charge in [-0.15, -0.1) is 0 Å². The molecule has 1 amide bonds. The lowest BCUT2D eigenvalue weighted by Crippen LogP contribution is -2.51. The Balaban J connectivity index is 1.90. The van der Waals surface area contributed by atoms with Gasteiger partial charge in [0, 0.05) is 12.0 Å². The molecule has 1 heterocycles. The summed E-state index contributed by atoms with van der Waals surface area (Å²) in [6, 6.07) is 15.1. The molecule has 2 aromatic rings. The molecule has 3 rings (SSSR count). The van der Waals surface area contributed by atoms with Crippen molar-refractivity contribution in [2.75, 3.05) is 0 Å². The molecule has 0 bridgehead atoms. The quantitative estimate of drug-likeness (QED) is 0.838. The van der Waals surface area contributed by atoms with E-state index in [0.29, 0.717) is 0 Å². The van der Waals surface area contributed by atoms with Gasteiger partial charge < -0.3 is 5.11 Å². The van der Waals surface area contributed by atoms with Crippen LogP contribution < -0.4 is 0 Å². The zero-order valence-corrected chi connectivity index (χ0v) is 13.3. The molecule has 2 aromatic carbocycles. The van der Waals surface area contributed by atoms with E-state index in [1.807, 2.05) is 30.3 Å². The van der Waals surface area contributed by atoms with E-state index in [0.717, 1.165) is 11.1 Å². The topological polar surface area (TPSA) is 52.9 Å². The molecule has 0 saturated carbocycles. The highest BCUT2D eigenvalue weighted by molar-refractivity contribution is 5.99. The summed E-state index contributed by atoms with van der Waals surface area (Å²) < 4.78 is 52.0. The average molecular weight is 366 g/mol. The van der Waals surface area contributed by atoms with E-state index >= 15 is 0 Å². The maximum atomic E-state index is 13.2. The predicted octanol–water partition coefficient (Wildman–Crippen LogP) is 3.77. The predicted molar refractivity (Wildman–Crippen MR) is 87.1 cm³/mol. The fraction of sp³-hybridized carbons (Fsp3) is 0.222. The summed E-state index contributed by atoms with van der Waals surface area (Å²) in [7, 11) is 0. The SMILES string of the molecule is O=C(c1ccc(-c2ccccc2)cc1)N1N=C(C(F)F)C[C@]1(O)C(F)F. The van der Waals surface area contributed by atoms with Gasteiger partial charge in [0.15, 0.2) is 0 Å². The number of hydrogen-bond acceptors (Lipinski definition) is 3. The molecule has 26 heavy (non-hydrogen) atoms. The summed E-state index contributed by atoms with van der Waals surface area (Å²) in [4.78, 5) is 12.5. The largest absolute Gasteiger partial charge is 0.364 e. The van der Waals surface area contributed by atoms with E-state index in [1.54, 1.807) is 12.1 Å². The van der Waals surface area contributed by atoms with E-state index < -0.39 is 36.6 Å². The number of alkyl halides is 4. The van der Waals surface area contributed by atoms with E-state index in [9.17, 15) is 27.5 Å². The third-order valence-electron chi connectivity index (χ3n) is 4.07. The van der Waals surface area contributed by atoms with Gasteiger partial charge in [-0.05, 0) is 23.3 Å². The number of hydrazone groups is 1. The van der Waals surface area contributed by atoms with Crippen LogP contribution in [0.3, 0.4) is 0 Å². The molecule has 1 N–H and O–H groups in total. The first-order valence-corrected chi connectivity index (χ1v) is 7.69. The molecule has 0 spiro atoms. The Kier molecular flexibility index (Phi) is 4.78. The van der Waals surface area contributed by atoms with Crippen LogP contribution in [0.5, 0.6) is 0 Å². The first kappa shape index (κ1) is 18.1. The summed E-state index contributed by atoms with van der Waals surface area (Å²) in [6.07, 6.45) is -7.69. The molecule has 136 valence electrons. The van der Waals surface area contributed by atoms with Gasteiger partial charge >= 0.3 is 0 Å². The molecule has 0 fully saturated rings. The molecule has 0 saturated heterocycles. The number of nitrogens with zero attached hydrogens (tertiary/aromatic N) is 2. The van der Waals surface area contributed by atoms with Crippen LogP contribution in [0.4, 0.5) is 17.6 Å². The maximum absolute atomic E-state index is 13.2. The standard InChI is InChI=1S/C18H14F4N2O2/c19-15(20)14-10-18(26,17(21)22)24(23-14)16(25)13-8-6-12(7-9-13)11-4-2-1-3-5-11/h1-9,15,17,26H,10H2/t18-/m0/s1. The number of amides is 1. The number of benzene rings is 2. The zero-order chi connectivity index (χ0) is 18.9. The van der Waals surface area contributed by atoms with Gasteiger partial charge in [0.05, 0.1) is 0 Å². The molecule has 4 nitrogen and oxygen atoms in total. The van der Waals surface area contributed by atoms with Crippen LogP contribution in [0.15, 0.2) is 59.7 Å². The Morgan fingerprint density at radius 3 is 2.12 bits per heavy atom. The van der Waals surface area contributed by atoms with Crippen molar-refractivity contribution in [1.29, 1.82) is 0 Å². The van der Waals surface area contributed by atoms with Crippen LogP contribution in [0.1, 0.15) is 16.8 Å². The lowest BCUT2D eigenvalue weighted by atomic mass is 10.0. The molecule has 1 aliphatic rings. The Hall–Kier alpha value is -2.74. The van der Waals surface area contributed by atoms with Crippen molar-refractivity contribution in [2.45, 2.75) is 25.0 Å². The molecule has 8 heteroatoms. The average Bonchev–Trinajstić information content (AvgIpc) is 3.01. The molecule has 0 aromatic heterocycles. The molecule has 0 unspecified atom stereocenters. The number of aliphatic hydroxyl groups is 1. The van der Waals surface area contributed by atoms with E-state index in [-0.39, 0.29) is 10.6 Å². The number of carbonyl (C=O) groups is 1. The van der Waals surface area contributed by atoms with E-state index in [2.05, 4.69) is 5.10 Å². The summed E-state index contributed by atoms with van der Waals surface area (Å²) in [5.74, 6) is -1.08. The fourth-order valence-corrected chi connectivity index (χ4v) is 2.66. The second-order valence-electron chi connectivity index (χ2n) is 5.81. The summed E-state index contributed by atoms with van der Waals surface area (Å²) in [5, 5.41) is 13.3. The molecule has 0 aliphatic carbocycles. The van der Waals surface area contributed by atoms with Crippen LogP contribution >= 0.6 is 0 Å². The fourth-order valence-electron chi connectivity index (χ4n) is 2.66. The van der Waals surface area contributed by atoms with Crippen molar-refractivity contribution in [3.05, 3.63) is 60.2 Å². The van der Waals surface area contributed by atoms with Gasteiger partial charge in [-0.3, -0.25) is 4.79 Å². The van der Waals surface area contributed by atoms with Gasteiger partial charge in [-0.1, -0.05) is 42.5 Å². The lowest BCUT2D eigenvalue weighted by molar-refractivity contribution is -0.164. The minimum atomic E-state index is -3.45. The highest BCUT2D eigenvalue weighted by Gasteiger charge is 2.53. The van der Waals surface area contributed by atoms with Crippen molar-refractivity contribution in [2.24, 2.45) is 5.10 Å². The third kappa shape index (κ3) is 3.20. The van der Waals surface area contributed by atoms with Crippen molar-refractivity contribution >= 4 is 11.6 Å². The van der Waals surface area contributed by atoms with Crippen LogP contribution in [0.25, 0.3) is 11.1 Å². The van der Waals surface area contributed by atoms with Crippen molar-refractivity contribution in [3.63, 3.8) is 0 Å². The zero-order valence-electron chi connectivity index (χ0n) is 13.3. The van der Waals surface area contributed by atoms with Crippen molar-refractivity contribution < 1.29 is 27.5 Å². The first-order chi connectivity index (χ1) is 12.3. The number of rotatable bonds is 4. The molecule has 1 atom stereocenters. The van der Waals surface area contributed by atoms with Crippen molar-refractivity contribution in [1.82, 2.24) is 5.01 Å². The van der Waals surface area contributed by atoms with Gasteiger partial charge in [0.2, 0.25) is 5.72 Å². The van der Waals surface area contributed by atoms with E-state index in [1.165, 1.54) is 12.1 Å². The Morgan fingerprint density at radius 1 is 1.00 bits per heavy atom. The lowest BCUT2D eigenvalue weighted by Gasteiger charge is -2.30. The molecular formula is C18H14F4N2O2. The minimum Gasteiger partial charge on any atom is -0.364 e. The van der Waals surface area contributed by atoms with Gasteiger partial charge in [0.1, 0.15) is 5.71 Å². The smallest absolute Gasteiger partial charge is 0.287 e.